The van der Waals surface area contributed by atoms with Crippen LogP contribution in [0.4, 0.5) is 18.9 Å². The average Bonchev–Trinajstić information content (AvgIpc) is 3.02. The third-order valence-electron chi connectivity index (χ3n) is 3.42. The summed E-state index contributed by atoms with van der Waals surface area (Å²) >= 11 is 8.37. The molecule has 0 radical (unpaired) electrons. The molecule has 1 aromatic carbocycles. The number of nitrogens with zero attached hydrogens (tertiary/aromatic N) is 3. The molecule has 1 N–H and O–H groups in total. The van der Waals surface area contributed by atoms with Crippen molar-refractivity contribution in [1.82, 2.24) is 14.5 Å². The summed E-state index contributed by atoms with van der Waals surface area (Å²) in [6.45, 7) is -0.430. The Hall–Kier alpha value is -2.11. The van der Waals surface area contributed by atoms with Crippen molar-refractivity contribution >= 4 is 56.6 Å². The maximum absolute atomic E-state index is 12.8. The minimum Gasteiger partial charge on any atom is -0.323 e. The molecule has 3 aromatic rings. The van der Waals surface area contributed by atoms with Crippen LogP contribution in [-0.2, 0) is 17.5 Å². The quantitative estimate of drug-likeness (QED) is 0.630. The maximum atomic E-state index is 12.8. The first-order valence-corrected chi connectivity index (χ1v) is 9.67. The Morgan fingerprint density at radius 2 is 2.15 bits per heavy atom. The molecule has 0 spiro atoms. The van der Waals surface area contributed by atoms with Gasteiger partial charge < -0.3 is 5.32 Å². The molecular formula is C15H10ClF3N4O2S2. The lowest BCUT2D eigenvalue weighted by Gasteiger charge is -2.12. The molecule has 0 saturated heterocycles. The lowest BCUT2D eigenvalue weighted by Crippen LogP contribution is -2.27. The van der Waals surface area contributed by atoms with Crippen molar-refractivity contribution in [3.63, 3.8) is 0 Å². The van der Waals surface area contributed by atoms with Gasteiger partial charge in [0.2, 0.25) is 5.91 Å². The van der Waals surface area contributed by atoms with Gasteiger partial charge in [0.15, 0.2) is 9.99 Å². The van der Waals surface area contributed by atoms with E-state index in [0.717, 1.165) is 34.1 Å². The average molecular weight is 435 g/mol. The third kappa shape index (κ3) is 4.25. The smallest absolute Gasteiger partial charge is 0.323 e. The second kappa shape index (κ2) is 7.49. The summed E-state index contributed by atoms with van der Waals surface area (Å²) in [4.78, 5) is 32.8. The highest BCUT2D eigenvalue weighted by Crippen LogP contribution is 2.33. The lowest BCUT2D eigenvalue weighted by atomic mass is 10.2. The Bertz CT molecular complexity index is 1080. The molecule has 27 heavy (non-hydrogen) atoms. The number of alkyl halides is 3. The minimum atomic E-state index is -4.57. The molecule has 1 amide bonds. The van der Waals surface area contributed by atoms with Gasteiger partial charge in [-0.15, -0.1) is 11.3 Å². The number of benzene rings is 1. The summed E-state index contributed by atoms with van der Waals surface area (Å²) in [7, 11) is 0. The summed E-state index contributed by atoms with van der Waals surface area (Å²) in [6.07, 6.45) is -1.60. The van der Waals surface area contributed by atoms with E-state index in [9.17, 15) is 22.8 Å². The number of amides is 1. The van der Waals surface area contributed by atoms with Gasteiger partial charge in [0.1, 0.15) is 17.6 Å². The maximum Gasteiger partial charge on any atom is 0.416 e. The number of hydrogen-bond donors (Lipinski definition) is 1. The monoisotopic (exact) mass is 434 g/mol. The fourth-order valence-electron chi connectivity index (χ4n) is 2.17. The molecule has 0 saturated carbocycles. The highest BCUT2D eigenvalue weighted by atomic mass is 35.5. The number of hydrogen-bond acceptors (Lipinski definition) is 6. The molecule has 12 heteroatoms. The van der Waals surface area contributed by atoms with Gasteiger partial charge in [-0.05, 0) is 24.5 Å². The van der Waals surface area contributed by atoms with Crippen LogP contribution in [0, 0.1) is 0 Å². The van der Waals surface area contributed by atoms with Crippen LogP contribution in [0.25, 0.3) is 10.3 Å². The number of thioether (sulfide) groups is 1. The number of carbonyl (C=O) groups is 1. The minimum absolute atomic E-state index is 0.0515. The van der Waals surface area contributed by atoms with E-state index in [-0.39, 0.29) is 16.4 Å². The summed E-state index contributed by atoms with van der Waals surface area (Å²) < 4.78 is 40.4. The third-order valence-corrected chi connectivity index (χ3v) is 5.77. The van der Waals surface area contributed by atoms with Crippen LogP contribution in [0.1, 0.15) is 5.56 Å². The molecule has 142 valence electrons. The van der Waals surface area contributed by atoms with Crippen molar-refractivity contribution in [3.8, 4) is 0 Å². The molecule has 6 nitrogen and oxygen atoms in total. The second-order valence-electron chi connectivity index (χ2n) is 5.25. The molecule has 0 unspecified atom stereocenters. The number of fused-ring (bicyclic) bond motifs is 1. The highest BCUT2D eigenvalue weighted by molar-refractivity contribution is 8.00. The number of aromatic nitrogens is 3. The predicted molar refractivity (Wildman–Crippen MR) is 98.5 cm³/mol. The fourth-order valence-corrected chi connectivity index (χ4v) is 3.80. The van der Waals surface area contributed by atoms with Gasteiger partial charge in [-0.1, -0.05) is 23.4 Å². The lowest BCUT2D eigenvalue weighted by molar-refractivity contribution is -0.137. The van der Waals surface area contributed by atoms with Crippen molar-refractivity contribution in [2.45, 2.75) is 17.1 Å². The number of nitrogens with one attached hydrogen (secondary N) is 1. The van der Waals surface area contributed by atoms with Crippen molar-refractivity contribution < 1.29 is 18.0 Å². The van der Waals surface area contributed by atoms with Crippen LogP contribution in [0.3, 0.4) is 0 Å². The fraction of sp³-hybridized carbons (Fsp3) is 0.200. The van der Waals surface area contributed by atoms with Gasteiger partial charge in [-0.25, -0.2) is 9.97 Å². The van der Waals surface area contributed by atoms with Crippen molar-refractivity contribution in [3.05, 3.63) is 45.5 Å². The summed E-state index contributed by atoms with van der Waals surface area (Å²) in [6, 6.07) is 2.59. The summed E-state index contributed by atoms with van der Waals surface area (Å²) in [5, 5.41) is 2.24. The number of rotatable bonds is 4. The van der Waals surface area contributed by atoms with Crippen LogP contribution >= 0.6 is 34.7 Å². The van der Waals surface area contributed by atoms with Crippen molar-refractivity contribution in [1.29, 1.82) is 0 Å². The van der Waals surface area contributed by atoms with Gasteiger partial charge in [0.25, 0.3) is 5.56 Å². The van der Waals surface area contributed by atoms with Crippen LogP contribution in [-0.4, -0.2) is 26.7 Å². The molecule has 0 fully saturated rings. The Morgan fingerprint density at radius 3 is 2.81 bits per heavy atom. The van der Waals surface area contributed by atoms with Gasteiger partial charge in [0, 0.05) is 0 Å². The second-order valence-corrected chi connectivity index (χ2v) is 7.71. The van der Waals surface area contributed by atoms with E-state index in [4.69, 9.17) is 11.6 Å². The van der Waals surface area contributed by atoms with E-state index in [1.54, 1.807) is 0 Å². The van der Waals surface area contributed by atoms with Crippen molar-refractivity contribution in [2.75, 3.05) is 11.6 Å². The highest BCUT2D eigenvalue weighted by Gasteiger charge is 2.31. The standard InChI is InChI=1S/C15H10ClF3N4O2S2/c1-26-14-22-12-11(27-14)13(25)23(6-20-12)5-10(24)21-9-4-7(15(17,18)19)2-3-8(9)16/h2-4,6H,5H2,1H3,(H,21,24). The van der Waals surface area contributed by atoms with Gasteiger partial charge >= 0.3 is 6.18 Å². The zero-order chi connectivity index (χ0) is 19.8. The summed E-state index contributed by atoms with van der Waals surface area (Å²) in [5.74, 6) is -0.714. The van der Waals surface area contributed by atoms with Crippen LogP contribution in [0.2, 0.25) is 5.02 Å². The molecule has 2 aromatic heterocycles. The Balaban J connectivity index is 1.83. The Kier molecular flexibility index (Phi) is 5.45. The first-order valence-electron chi connectivity index (χ1n) is 7.25. The number of carbonyl (C=O) groups excluding carboxylic acids is 1. The molecule has 0 aliphatic carbocycles. The predicted octanol–water partition coefficient (Wildman–Crippen LogP) is 3.89. The van der Waals surface area contributed by atoms with Gasteiger partial charge in [0.05, 0.1) is 16.3 Å². The van der Waals surface area contributed by atoms with E-state index < -0.39 is 29.8 Å². The van der Waals surface area contributed by atoms with E-state index >= 15 is 0 Å². The molecule has 2 heterocycles. The zero-order valence-electron chi connectivity index (χ0n) is 13.5. The number of anilines is 1. The van der Waals surface area contributed by atoms with E-state index in [0.29, 0.717) is 9.04 Å². The summed E-state index contributed by atoms with van der Waals surface area (Å²) in [5.41, 5.74) is -1.31. The topological polar surface area (TPSA) is 76.9 Å². The van der Waals surface area contributed by atoms with Crippen LogP contribution in [0.15, 0.2) is 33.7 Å². The Morgan fingerprint density at radius 1 is 1.41 bits per heavy atom. The zero-order valence-corrected chi connectivity index (χ0v) is 15.9. The molecule has 0 bridgehead atoms. The van der Waals surface area contributed by atoms with Crippen LogP contribution in [0.5, 0.6) is 0 Å². The van der Waals surface area contributed by atoms with E-state index in [1.807, 2.05) is 6.26 Å². The Labute approximate surface area is 163 Å². The molecular weight excluding hydrogens is 425 g/mol. The first-order chi connectivity index (χ1) is 12.7. The van der Waals surface area contributed by atoms with E-state index in [2.05, 4.69) is 15.3 Å². The first kappa shape index (κ1) is 19.6. The molecule has 0 aliphatic rings. The van der Waals surface area contributed by atoms with Gasteiger partial charge in [-0.3, -0.25) is 14.2 Å². The van der Waals surface area contributed by atoms with Crippen molar-refractivity contribution in [2.24, 2.45) is 0 Å². The van der Waals surface area contributed by atoms with Crippen LogP contribution < -0.4 is 10.9 Å². The SMILES string of the molecule is CSc1nc2ncn(CC(=O)Nc3cc(C(F)(F)F)ccc3Cl)c(=O)c2s1. The number of halogens is 4. The normalized spacial score (nSPS) is 11.7. The number of thiazole rings is 1. The molecule has 3 rings (SSSR count). The molecule has 0 aliphatic heterocycles. The van der Waals surface area contributed by atoms with E-state index in [1.165, 1.54) is 18.1 Å². The largest absolute Gasteiger partial charge is 0.416 e. The molecule has 0 atom stereocenters. The van der Waals surface area contributed by atoms with Gasteiger partial charge in [-0.2, -0.15) is 13.2 Å².